The minimum atomic E-state index is -0.554. The number of hydrogen-bond donors (Lipinski definition) is 3. The Morgan fingerprint density at radius 3 is 2.54 bits per heavy atom. The number of carbonyl (C=O) groups is 1. The topological polar surface area (TPSA) is 141 Å². The highest BCUT2D eigenvalue weighted by Gasteiger charge is 2.48. The Morgan fingerprint density at radius 2 is 1.81 bits per heavy atom. The van der Waals surface area contributed by atoms with Crippen molar-refractivity contribution < 1.29 is 9.90 Å². The summed E-state index contributed by atoms with van der Waals surface area (Å²) in [7, 11) is 0. The fourth-order valence-corrected chi connectivity index (χ4v) is 5.45. The monoisotopic (exact) mass is 494 g/mol. The fraction of sp³-hybridized carbons (Fsp3) is 0.333. The second kappa shape index (κ2) is 8.94. The summed E-state index contributed by atoms with van der Waals surface area (Å²) in [5.74, 6) is 0.250. The average molecular weight is 495 g/mol. The van der Waals surface area contributed by atoms with Gasteiger partial charge < -0.3 is 15.7 Å². The van der Waals surface area contributed by atoms with Gasteiger partial charge in [-0.25, -0.2) is 14.5 Å². The minimum Gasteiger partial charge on any atom is -0.390 e. The predicted molar refractivity (Wildman–Crippen MR) is 135 cm³/mol. The van der Waals surface area contributed by atoms with Crippen molar-refractivity contribution in [3.8, 4) is 17.5 Å². The van der Waals surface area contributed by atoms with Gasteiger partial charge in [-0.05, 0) is 68.9 Å². The van der Waals surface area contributed by atoms with Crippen molar-refractivity contribution in [3.05, 3.63) is 72.1 Å². The molecule has 4 aromatic rings. The molecule has 3 N–H and O–H groups in total. The number of carbonyl (C=O) groups excluding carboxylic acids is 1. The highest BCUT2D eigenvalue weighted by molar-refractivity contribution is 6.00. The molecule has 37 heavy (non-hydrogen) atoms. The molecule has 10 heteroatoms. The molecule has 3 fully saturated rings. The molecular weight excluding hydrogens is 468 g/mol. The zero-order valence-electron chi connectivity index (χ0n) is 20.2. The summed E-state index contributed by atoms with van der Waals surface area (Å²) in [6.07, 6.45) is 11.1. The van der Waals surface area contributed by atoms with Crippen molar-refractivity contribution in [2.75, 3.05) is 5.32 Å². The molecular formula is C27H26N8O2. The van der Waals surface area contributed by atoms with Crippen LogP contribution in [0.25, 0.3) is 16.9 Å². The molecule has 0 aromatic carbocycles. The molecule has 1 amide bonds. The first kappa shape index (κ1) is 23.1. The van der Waals surface area contributed by atoms with Crippen LogP contribution in [0.15, 0.2) is 55.1 Å². The largest absolute Gasteiger partial charge is 0.390 e. The highest BCUT2D eigenvalue weighted by atomic mass is 16.3. The molecule has 4 aromatic heterocycles. The lowest BCUT2D eigenvalue weighted by Crippen LogP contribution is -2.54. The molecule has 0 unspecified atom stereocenters. The fourth-order valence-electron chi connectivity index (χ4n) is 5.45. The molecule has 7 rings (SSSR count). The van der Waals surface area contributed by atoms with E-state index in [4.69, 9.17) is 0 Å². The van der Waals surface area contributed by atoms with E-state index in [9.17, 15) is 15.2 Å². The smallest absolute Gasteiger partial charge is 0.255 e. The number of anilines is 1. The standard InChI is InChI=1S/C27H26N8O2/c28-14-18-12-19-2-3-23(35(19)33-15-18)22-13-21(34-26-4-7-27(37,8-5-26)9-6-26)20(16-31-22)25(36)32-17-24-29-10-1-11-30-24/h1-3,10-13,15-16,37H,4-9,17H2,(H,31,34)(H,32,36). The number of rotatable bonds is 6. The van der Waals surface area contributed by atoms with Crippen molar-refractivity contribution in [2.45, 2.75) is 56.2 Å². The van der Waals surface area contributed by atoms with E-state index in [2.05, 4.69) is 36.8 Å². The molecule has 0 radical (unpaired) electrons. The number of fused-ring (bicyclic) bond motifs is 4. The predicted octanol–water partition coefficient (Wildman–Crippen LogP) is 3.24. The minimum absolute atomic E-state index is 0.179. The van der Waals surface area contributed by atoms with Gasteiger partial charge in [-0.3, -0.25) is 9.78 Å². The van der Waals surface area contributed by atoms with Crippen LogP contribution in [-0.2, 0) is 6.54 Å². The number of nitrogens with zero attached hydrogens (tertiary/aromatic N) is 6. The van der Waals surface area contributed by atoms with Gasteiger partial charge in [-0.1, -0.05) is 0 Å². The molecule has 2 bridgehead atoms. The first-order valence-electron chi connectivity index (χ1n) is 12.4. The van der Waals surface area contributed by atoms with Gasteiger partial charge >= 0.3 is 0 Å². The molecule has 186 valence electrons. The van der Waals surface area contributed by atoms with Crippen molar-refractivity contribution >= 4 is 17.1 Å². The van der Waals surface area contributed by atoms with Crippen molar-refractivity contribution in [3.63, 3.8) is 0 Å². The lowest BCUT2D eigenvalue weighted by atomic mass is 9.63. The number of pyridine rings is 1. The number of aliphatic hydroxyl groups is 1. The second-order valence-electron chi connectivity index (χ2n) is 10.0. The molecule has 0 atom stereocenters. The van der Waals surface area contributed by atoms with Gasteiger partial charge in [-0.2, -0.15) is 10.4 Å². The zero-order chi connectivity index (χ0) is 25.5. The quantitative estimate of drug-likeness (QED) is 0.371. The van der Waals surface area contributed by atoms with Crippen LogP contribution < -0.4 is 10.6 Å². The molecule has 3 aliphatic rings. The van der Waals surface area contributed by atoms with Gasteiger partial charge in [0.25, 0.3) is 5.91 Å². The maximum atomic E-state index is 13.3. The zero-order valence-corrected chi connectivity index (χ0v) is 20.2. The Labute approximate surface area is 213 Å². The van der Waals surface area contributed by atoms with Gasteiger partial charge in [0.1, 0.15) is 11.9 Å². The summed E-state index contributed by atoms with van der Waals surface area (Å²) in [6, 6.07) is 11.3. The maximum Gasteiger partial charge on any atom is 0.255 e. The average Bonchev–Trinajstić information content (AvgIpc) is 3.36. The van der Waals surface area contributed by atoms with E-state index in [1.807, 2.05) is 18.2 Å². The van der Waals surface area contributed by atoms with E-state index in [1.54, 1.807) is 35.2 Å². The van der Waals surface area contributed by atoms with Crippen LogP contribution in [0.4, 0.5) is 5.69 Å². The summed E-state index contributed by atoms with van der Waals surface area (Å²) < 4.78 is 1.74. The lowest BCUT2D eigenvalue weighted by molar-refractivity contribution is -0.0580. The Hall–Kier alpha value is -4.36. The Morgan fingerprint density at radius 1 is 1.05 bits per heavy atom. The Balaban J connectivity index is 1.35. The molecule has 3 saturated carbocycles. The molecule has 10 nitrogen and oxygen atoms in total. The SMILES string of the molecule is N#Cc1cnn2c(-c3cc(NC45CCC(O)(CC4)CC5)c(C(=O)NCc4ncccn4)cn3)ccc2c1. The Kier molecular flexibility index (Phi) is 5.57. The number of nitriles is 1. The van der Waals surface area contributed by atoms with E-state index in [0.29, 0.717) is 28.3 Å². The Bertz CT molecular complexity index is 1500. The normalized spacial score (nSPS) is 22.5. The van der Waals surface area contributed by atoms with Crippen LogP contribution in [0, 0.1) is 11.3 Å². The summed E-state index contributed by atoms with van der Waals surface area (Å²) in [5.41, 5.74) is 3.06. The molecule has 0 aliphatic heterocycles. The van der Waals surface area contributed by atoms with E-state index < -0.39 is 5.60 Å². The van der Waals surface area contributed by atoms with Gasteiger partial charge in [-0.15, -0.1) is 0 Å². The van der Waals surface area contributed by atoms with Gasteiger partial charge in [0.15, 0.2) is 0 Å². The third-order valence-electron chi connectivity index (χ3n) is 7.67. The van der Waals surface area contributed by atoms with Crippen molar-refractivity contribution in [1.29, 1.82) is 5.26 Å². The van der Waals surface area contributed by atoms with E-state index >= 15 is 0 Å². The second-order valence-corrected chi connectivity index (χ2v) is 10.0. The van der Waals surface area contributed by atoms with Crippen LogP contribution in [0.5, 0.6) is 0 Å². The van der Waals surface area contributed by atoms with E-state index in [1.165, 1.54) is 6.20 Å². The van der Waals surface area contributed by atoms with Crippen LogP contribution in [0.3, 0.4) is 0 Å². The van der Waals surface area contributed by atoms with Gasteiger partial charge in [0.2, 0.25) is 0 Å². The maximum absolute atomic E-state index is 13.3. The van der Waals surface area contributed by atoms with Crippen LogP contribution in [0.1, 0.15) is 60.3 Å². The summed E-state index contributed by atoms with van der Waals surface area (Å²) in [4.78, 5) is 26.2. The van der Waals surface area contributed by atoms with Crippen LogP contribution in [-0.4, -0.2) is 46.7 Å². The summed E-state index contributed by atoms with van der Waals surface area (Å²) in [5, 5.41) is 30.9. The van der Waals surface area contributed by atoms with Crippen molar-refractivity contribution in [2.24, 2.45) is 0 Å². The first-order valence-corrected chi connectivity index (χ1v) is 12.4. The van der Waals surface area contributed by atoms with Crippen LogP contribution >= 0.6 is 0 Å². The summed E-state index contributed by atoms with van der Waals surface area (Å²) in [6.45, 7) is 0.202. The highest BCUT2D eigenvalue weighted by Crippen LogP contribution is 2.48. The number of amides is 1. The van der Waals surface area contributed by atoms with E-state index in [0.717, 1.165) is 49.7 Å². The van der Waals surface area contributed by atoms with E-state index in [-0.39, 0.29) is 18.0 Å². The van der Waals surface area contributed by atoms with Gasteiger partial charge in [0.05, 0.1) is 52.1 Å². The van der Waals surface area contributed by atoms with Crippen LogP contribution in [0.2, 0.25) is 0 Å². The summed E-state index contributed by atoms with van der Waals surface area (Å²) >= 11 is 0. The molecule has 4 heterocycles. The molecule has 3 aliphatic carbocycles. The third kappa shape index (κ3) is 4.38. The number of hydrogen-bond acceptors (Lipinski definition) is 8. The van der Waals surface area contributed by atoms with Crippen molar-refractivity contribution in [1.82, 2.24) is 29.9 Å². The molecule has 0 saturated heterocycles. The first-order chi connectivity index (χ1) is 18.0. The van der Waals surface area contributed by atoms with Gasteiger partial charge in [0, 0.05) is 24.1 Å². The third-order valence-corrected chi connectivity index (χ3v) is 7.67. The molecule has 0 spiro atoms. The number of nitrogens with one attached hydrogen (secondary N) is 2. The lowest BCUT2D eigenvalue weighted by Gasteiger charge is -2.51. The number of aromatic nitrogens is 5.